The van der Waals surface area contributed by atoms with Crippen LogP contribution in [-0.2, 0) is 0 Å². The molecule has 72 valence electrons. The van der Waals surface area contributed by atoms with Crippen molar-refractivity contribution in [3.05, 3.63) is 35.6 Å². The minimum Gasteiger partial charge on any atom is -0.391 e. The fourth-order valence-corrected chi connectivity index (χ4v) is 1.38. The van der Waals surface area contributed by atoms with Gasteiger partial charge in [-0.05, 0) is 20.0 Å². The van der Waals surface area contributed by atoms with Crippen LogP contribution in [0, 0.1) is 5.82 Å². The van der Waals surface area contributed by atoms with Gasteiger partial charge in [0.2, 0.25) is 0 Å². The fourth-order valence-electron chi connectivity index (χ4n) is 1.38. The summed E-state index contributed by atoms with van der Waals surface area (Å²) in [5, 5.41) is 12.2. The van der Waals surface area contributed by atoms with Crippen LogP contribution >= 0.6 is 0 Å². The van der Waals surface area contributed by atoms with Crippen LogP contribution in [0.15, 0.2) is 24.3 Å². The molecule has 3 heteroatoms. The summed E-state index contributed by atoms with van der Waals surface area (Å²) >= 11 is 0. The van der Waals surface area contributed by atoms with Crippen molar-refractivity contribution in [2.75, 3.05) is 7.05 Å². The first-order valence-corrected chi connectivity index (χ1v) is 4.26. The van der Waals surface area contributed by atoms with E-state index in [0.29, 0.717) is 5.56 Å². The molecule has 1 aromatic carbocycles. The maximum absolute atomic E-state index is 13.2. The highest BCUT2D eigenvalue weighted by Gasteiger charge is 2.17. The van der Waals surface area contributed by atoms with E-state index in [1.54, 1.807) is 32.2 Å². The van der Waals surface area contributed by atoms with Crippen molar-refractivity contribution in [2.24, 2.45) is 0 Å². The van der Waals surface area contributed by atoms with Crippen LogP contribution in [0.25, 0.3) is 0 Å². The number of hydrogen-bond donors (Lipinski definition) is 2. The first-order chi connectivity index (χ1) is 6.16. The number of likely N-dealkylation sites (N-methyl/N-ethyl adjacent to an activating group) is 1. The smallest absolute Gasteiger partial charge is 0.128 e. The summed E-state index contributed by atoms with van der Waals surface area (Å²) in [6, 6.07) is 6.10. The Balaban J connectivity index is 2.97. The zero-order valence-corrected chi connectivity index (χ0v) is 7.79. The summed E-state index contributed by atoms with van der Waals surface area (Å²) in [6.07, 6.45) is -0.609. The second kappa shape index (κ2) is 4.35. The van der Waals surface area contributed by atoms with Crippen molar-refractivity contribution in [3.63, 3.8) is 0 Å². The number of rotatable bonds is 3. The molecule has 0 aliphatic carbocycles. The van der Waals surface area contributed by atoms with E-state index in [0.717, 1.165) is 0 Å². The second-order valence-corrected chi connectivity index (χ2v) is 3.03. The van der Waals surface area contributed by atoms with E-state index < -0.39 is 6.10 Å². The molecule has 0 saturated carbocycles. The Hall–Kier alpha value is -0.930. The molecule has 1 aromatic rings. The van der Waals surface area contributed by atoms with Gasteiger partial charge in [0.15, 0.2) is 0 Å². The van der Waals surface area contributed by atoms with Crippen molar-refractivity contribution in [3.8, 4) is 0 Å². The molecule has 2 unspecified atom stereocenters. The van der Waals surface area contributed by atoms with Gasteiger partial charge in [0.25, 0.3) is 0 Å². The number of halogens is 1. The summed E-state index contributed by atoms with van der Waals surface area (Å²) in [5.74, 6) is -0.289. The lowest BCUT2D eigenvalue weighted by atomic mass is 10.0. The molecule has 0 bridgehead atoms. The molecule has 0 aliphatic heterocycles. The highest BCUT2D eigenvalue weighted by molar-refractivity contribution is 5.21. The monoisotopic (exact) mass is 183 g/mol. The molecule has 0 radical (unpaired) electrons. The largest absolute Gasteiger partial charge is 0.391 e. The van der Waals surface area contributed by atoms with E-state index in [1.807, 2.05) is 0 Å². The minimum absolute atomic E-state index is 0.289. The first-order valence-electron chi connectivity index (χ1n) is 4.26. The Kier molecular flexibility index (Phi) is 3.39. The number of nitrogens with one attached hydrogen (secondary N) is 1. The molecule has 2 nitrogen and oxygen atoms in total. The summed E-state index contributed by atoms with van der Waals surface area (Å²) in [7, 11) is 1.70. The molecule has 0 fully saturated rings. The van der Waals surface area contributed by atoms with Crippen molar-refractivity contribution in [2.45, 2.75) is 19.1 Å². The molecule has 0 aliphatic rings. The molecule has 2 atom stereocenters. The Morgan fingerprint density at radius 1 is 1.38 bits per heavy atom. The van der Waals surface area contributed by atoms with Gasteiger partial charge in [-0.25, -0.2) is 4.39 Å². The third-order valence-electron chi connectivity index (χ3n) is 2.03. The van der Waals surface area contributed by atoms with Gasteiger partial charge in [0.1, 0.15) is 5.82 Å². The van der Waals surface area contributed by atoms with Crippen molar-refractivity contribution < 1.29 is 9.50 Å². The van der Waals surface area contributed by atoms with Gasteiger partial charge in [0.05, 0.1) is 12.1 Å². The molecule has 0 aromatic heterocycles. The van der Waals surface area contributed by atoms with Gasteiger partial charge >= 0.3 is 0 Å². The predicted octanol–water partition coefficient (Wildman–Crippen LogP) is 1.47. The third-order valence-corrected chi connectivity index (χ3v) is 2.03. The summed E-state index contributed by atoms with van der Waals surface area (Å²) in [5.41, 5.74) is 0.500. The van der Waals surface area contributed by atoms with Crippen molar-refractivity contribution in [1.29, 1.82) is 0 Å². The van der Waals surface area contributed by atoms with Gasteiger partial charge in [-0.15, -0.1) is 0 Å². The molecule has 13 heavy (non-hydrogen) atoms. The Morgan fingerprint density at radius 3 is 2.46 bits per heavy atom. The summed E-state index contributed by atoms with van der Waals surface area (Å²) in [4.78, 5) is 0. The fraction of sp³-hybridized carbons (Fsp3) is 0.400. The average Bonchev–Trinajstić information content (AvgIpc) is 2.09. The normalized spacial score (nSPS) is 15.4. The number of benzene rings is 1. The van der Waals surface area contributed by atoms with Crippen molar-refractivity contribution in [1.82, 2.24) is 5.32 Å². The van der Waals surface area contributed by atoms with Crippen LogP contribution in [0.2, 0.25) is 0 Å². The van der Waals surface area contributed by atoms with E-state index in [9.17, 15) is 9.50 Å². The predicted molar refractivity (Wildman–Crippen MR) is 49.9 cm³/mol. The minimum atomic E-state index is -0.609. The van der Waals surface area contributed by atoms with E-state index in [1.165, 1.54) is 6.07 Å². The van der Waals surface area contributed by atoms with E-state index >= 15 is 0 Å². The van der Waals surface area contributed by atoms with Gasteiger partial charge in [0, 0.05) is 5.56 Å². The lowest BCUT2D eigenvalue weighted by Crippen LogP contribution is -2.27. The van der Waals surface area contributed by atoms with E-state index in [2.05, 4.69) is 5.32 Å². The van der Waals surface area contributed by atoms with Crippen LogP contribution in [-0.4, -0.2) is 18.3 Å². The summed E-state index contributed by atoms with van der Waals surface area (Å²) in [6.45, 7) is 1.63. The Labute approximate surface area is 77.4 Å². The molecule has 2 N–H and O–H groups in total. The number of hydrogen-bond acceptors (Lipinski definition) is 2. The molecule has 1 rings (SSSR count). The van der Waals surface area contributed by atoms with Gasteiger partial charge in [-0.2, -0.15) is 0 Å². The van der Waals surface area contributed by atoms with Crippen LogP contribution in [0.3, 0.4) is 0 Å². The maximum atomic E-state index is 13.2. The third kappa shape index (κ3) is 2.26. The van der Waals surface area contributed by atoms with Crippen LogP contribution < -0.4 is 5.32 Å². The zero-order chi connectivity index (χ0) is 9.84. The molecule has 0 saturated heterocycles. The Morgan fingerprint density at radius 2 is 2.00 bits per heavy atom. The molecular weight excluding hydrogens is 169 g/mol. The first kappa shape index (κ1) is 10.2. The van der Waals surface area contributed by atoms with Gasteiger partial charge in [-0.3, -0.25) is 0 Å². The van der Waals surface area contributed by atoms with Gasteiger partial charge in [-0.1, -0.05) is 18.2 Å². The molecule has 0 amide bonds. The molecule has 0 heterocycles. The SMILES string of the molecule is CNC(c1ccccc1F)C(C)O. The van der Waals surface area contributed by atoms with Crippen molar-refractivity contribution >= 4 is 0 Å². The number of aliphatic hydroxyl groups is 1. The van der Waals surface area contributed by atoms with Gasteiger partial charge < -0.3 is 10.4 Å². The lowest BCUT2D eigenvalue weighted by Gasteiger charge is -2.19. The Bertz CT molecular complexity index is 275. The zero-order valence-electron chi connectivity index (χ0n) is 7.79. The standard InChI is InChI=1S/C10H14FNO/c1-7(13)10(12-2)8-5-3-4-6-9(8)11/h3-7,10,12-13H,1-2H3. The topological polar surface area (TPSA) is 32.3 Å². The lowest BCUT2D eigenvalue weighted by molar-refractivity contribution is 0.148. The molecule has 0 spiro atoms. The van der Waals surface area contributed by atoms with E-state index in [4.69, 9.17) is 0 Å². The highest BCUT2D eigenvalue weighted by Crippen LogP contribution is 2.19. The van der Waals surface area contributed by atoms with Crippen LogP contribution in [0.4, 0.5) is 4.39 Å². The van der Waals surface area contributed by atoms with Crippen LogP contribution in [0.5, 0.6) is 0 Å². The highest BCUT2D eigenvalue weighted by atomic mass is 19.1. The van der Waals surface area contributed by atoms with Crippen LogP contribution in [0.1, 0.15) is 18.5 Å². The number of aliphatic hydroxyl groups excluding tert-OH is 1. The quantitative estimate of drug-likeness (QED) is 0.743. The average molecular weight is 183 g/mol. The summed E-state index contributed by atoms with van der Waals surface area (Å²) < 4.78 is 13.2. The molecular formula is C10H14FNO. The maximum Gasteiger partial charge on any atom is 0.128 e. The second-order valence-electron chi connectivity index (χ2n) is 3.03. The van der Waals surface area contributed by atoms with E-state index in [-0.39, 0.29) is 11.9 Å².